The topological polar surface area (TPSA) is 92.2 Å². The van der Waals surface area contributed by atoms with Gasteiger partial charge in [0.2, 0.25) is 5.91 Å². The van der Waals surface area contributed by atoms with Crippen LogP contribution in [-0.2, 0) is 9.53 Å². The highest BCUT2D eigenvalue weighted by molar-refractivity contribution is 5.78. The Kier molecular flexibility index (Phi) is 7.60. The number of hydrogen-bond acceptors (Lipinski definition) is 5. The van der Waals surface area contributed by atoms with Gasteiger partial charge in [-0.05, 0) is 51.3 Å². The molecule has 30 heavy (non-hydrogen) atoms. The number of carbonyl (C=O) groups is 2. The van der Waals surface area contributed by atoms with Crippen LogP contribution in [0.25, 0.3) is 0 Å². The highest BCUT2D eigenvalue weighted by atomic mass is 16.6. The zero-order valence-corrected chi connectivity index (χ0v) is 18.5. The van der Waals surface area contributed by atoms with Gasteiger partial charge in [0.05, 0.1) is 12.5 Å². The van der Waals surface area contributed by atoms with Gasteiger partial charge < -0.3 is 15.4 Å². The van der Waals surface area contributed by atoms with Gasteiger partial charge in [-0.3, -0.25) is 4.79 Å². The van der Waals surface area contributed by atoms with Gasteiger partial charge in [0.25, 0.3) is 0 Å². The standard InChI is InChI=1S/C23H32N4O3/c1-7-8-11-23(26-27-23)12-13-24-20(28)15-19(25-21(29)30-22(4,5)6)18-10-9-16(2)17(3)14-18/h1,9-10,14,19H,8,11-13,15H2,2-6H3,(H,24,28)(H,25,29). The monoisotopic (exact) mass is 412 g/mol. The van der Waals surface area contributed by atoms with E-state index in [1.54, 1.807) is 20.8 Å². The second kappa shape index (κ2) is 9.75. The van der Waals surface area contributed by atoms with Crippen molar-refractivity contribution in [3.05, 3.63) is 34.9 Å². The van der Waals surface area contributed by atoms with Crippen molar-refractivity contribution in [3.63, 3.8) is 0 Å². The van der Waals surface area contributed by atoms with E-state index >= 15 is 0 Å². The molecular formula is C23H32N4O3. The average molecular weight is 413 g/mol. The van der Waals surface area contributed by atoms with Crippen molar-refractivity contribution in [2.45, 2.75) is 77.6 Å². The highest BCUT2D eigenvalue weighted by Gasteiger charge is 2.38. The molecule has 2 amide bonds. The molecule has 0 fully saturated rings. The molecule has 0 saturated carbocycles. The summed E-state index contributed by atoms with van der Waals surface area (Å²) in [6, 6.07) is 5.40. The minimum atomic E-state index is -0.621. The lowest BCUT2D eigenvalue weighted by Crippen LogP contribution is -2.38. The Hall–Kier alpha value is -2.88. The summed E-state index contributed by atoms with van der Waals surface area (Å²) in [5.41, 5.74) is 2.05. The molecule has 162 valence electrons. The highest BCUT2D eigenvalue weighted by Crippen LogP contribution is 2.36. The number of carbonyl (C=O) groups excluding carboxylic acids is 2. The van der Waals surface area contributed by atoms with E-state index in [4.69, 9.17) is 11.2 Å². The van der Waals surface area contributed by atoms with Crippen LogP contribution >= 0.6 is 0 Å². The number of rotatable bonds is 9. The first kappa shape index (κ1) is 23.4. The Balaban J connectivity index is 1.97. The van der Waals surface area contributed by atoms with E-state index in [0.717, 1.165) is 16.7 Å². The number of nitrogens with zero attached hydrogens (tertiary/aromatic N) is 2. The number of alkyl carbamates (subject to hydrolysis) is 1. The number of hydrogen-bond donors (Lipinski definition) is 2. The fraction of sp³-hybridized carbons (Fsp3) is 0.565. The summed E-state index contributed by atoms with van der Waals surface area (Å²) in [6.07, 6.45) is 6.78. The Labute approximate surface area is 179 Å². The first-order valence-electron chi connectivity index (χ1n) is 10.2. The molecule has 0 radical (unpaired) electrons. The van der Waals surface area contributed by atoms with Gasteiger partial charge in [0, 0.05) is 25.8 Å². The SMILES string of the molecule is C#CCCC1(CCNC(=O)CC(NC(=O)OC(C)(C)C)c2ccc(C)c(C)c2)N=N1. The van der Waals surface area contributed by atoms with Gasteiger partial charge >= 0.3 is 6.09 Å². The molecule has 1 aliphatic rings. The number of ether oxygens (including phenoxy) is 1. The zero-order valence-electron chi connectivity index (χ0n) is 18.5. The van der Waals surface area contributed by atoms with Gasteiger partial charge in [-0.15, -0.1) is 12.3 Å². The Morgan fingerprint density at radius 2 is 1.90 bits per heavy atom. The second-order valence-electron chi connectivity index (χ2n) is 8.73. The number of benzene rings is 1. The molecule has 1 aromatic rings. The minimum Gasteiger partial charge on any atom is -0.444 e. The number of terminal acetylenes is 1. The predicted molar refractivity (Wildman–Crippen MR) is 116 cm³/mol. The molecule has 1 unspecified atom stereocenters. The van der Waals surface area contributed by atoms with E-state index in [-0.39, 0.29) is 12.3 Å². The largest absolute Gasteiger partial charge is 0.444 e. The lowest BCUT2D eigenvalue weighted by atomic mass is 9.98. The quantitative estimate of drug-likeness (QED) is 0.591. The molecule has 1 aliphatic heterocycles. The Morgan fingerprint density at radius 3 is 2.47 bits per heavy atom. The van der Waals surface area contributed by atoms with Crippen LogP contribution in [-0.4, -0.2) is 29.8 Å². The van der Waals surface area contributed by atoms with Crippen molar-refractivity contribution in [3.8, 4) is 12.3 Å². The maximum Gasteiger partial charge on any atom is 0.408 e. The molecule has 0 saturated heterocycles. The van der Waals surface area contributed by atoms with Crippen LogP contribution in [0.1, 0.15) is 69.2 Å². The zero-order chi connectivity index (χ0) is 22.4. The van der Waals surface area contributed by atoms with Gasteiger partial charge in [0.15, 0.2) is 5.66 Å². The average Bonchev–Trinajstić information content (AvgIpc) is 3.40. The van der Waals surface area contributed by atoms with Crippen LogP contribution in [0.2, 0.25) is 0 Å². The molecule has 7 heteroatoms. The summed E-state index contributed by atoms with van der Waals surface area (Å²) in [5.74, 6) is 2.43. The lowest BCUT2D eigenvalue weighted by molar-refractivity contribution is -0.121. The molecule has 7 nitrogen and oxygen atoms in total. The molecular weight excluding hydrogens is 380 g/mol. The summed E-state index contributed by atoms with van der Waals surface area (Å²) < 4.78 is 5.37. The molecule has 2 N–H and O–H groups in total. The molecule has 0 aliphatic carbocycles. The van der Waals surface area contributed by atoms with Crippen molar-refractivity contribution >= 4 is 12.0 Å². The van der Waals surface area contributed by atoms with Gasteiger partial charge in [-0.25, -0.2) is 4.79 Å². The summed E-state index contributed by atoms with van der Waals surface area (Å²) in [6.45, 7) is 9.87. The third-order valence-electron chi connectivity index (χ3n) is 4.91. The maximum absolute atomic E-state index is 12.6. The van der Waals surface area contributed by atoms with Gasteiger partial charge in [0.1, 0.15) is 5.60 Å². The van der Waals surface area contributed by atoms with Gasteiger partial charge in [-0.1, -0.05) is 18.2 Å². The van der Waals surface area contributed by atoms with Crippen molar-refractivity contribution < 1.29 is 14.3 Å². The summed E-state index contributed by atoms with van der Waals surface area (Å²) in [5, 5.41) is 13.9. The van der Waals surface area contributed by atoms with E-state index in [0.29, 0.717) is 25.8 Å². The van der Waals surface area contributed by atoms with Crippen molar-refractivity contribution in [2.75, 3.05) is 6.54 Å². The van der Waals surface area contributed by atoms with Crippen LogP contribution < -0.4 is 10.6 Å². The van der Waals surface area contributed by atoms with Crippen LogP contribution in [0.3, 0.4) is 0 Å². The third-order valence-corrected chi connectivity index (χ3v) is 4.91. The second-order valence-corrected chi connectivity index (χ2v) is 8.73. The fourth-order valence-electron chi connectivity index (χ4n) is 3.01. The van der Waals surface area contributed by atoms with Crippen LogP contribution in [0, 0.1) is 26.2 Å². The summed E-state index contributed by atoms with van der Waals surface area (Å²) in [7, 11) is 0. The normalized spacial score (nSPS) is 15.1. The molecule has 1 atom stereocenters. The first-order chi connectivity index (χ1) is 14.0. The Bertz CT molecular complexity index is 843. The van der Waals surface area contributed by atoms with Crippen molar-refractivity contribution in [1.82, 2.24) is 10.6 Å². The third kappa shape index (κ3) is 7.51. The summed E-state index contributed by atoms with van der Waals surface area (Å²) >= 11 is 0. The first-order valence-corrected chi connectivity index (χ1v) is 10.2. The molecule has 0 spiro atoms. The molecule has 2 rings (SSSR count). The van der Waals surface area contributed by atoms with Crippen molar-refractivity contribution in [2.24, 2.45) is 10.2 Å². The van der Waals surface area contributed by atoms with Crippen LogP contribution in [0.15, 0.2) is 28.4 Å². The number of aryl methyl sites for hydroxylation is 2. The number of amides is 2. The van der Waals surface area contributed by atoms with Crippen LogP contribution in [0.4, 0.5) is 4.79 Å². The van der Waals surface area contributed by atoms with Crippen LogP contribution in [0.5, 0.6) is 0 Å². The molecule has 0 aromatic heterocycles. The Morgan fingerprint density at radius 1 is 1.20 bits per heavy atom. The van der Waals surface area contributed by atoms with Gasteiger partial charge in [-0.2, -0.15) is 10.2 Å². The summed E-state index contributed by atoms with van der Waals surface area (Å²) in [4.78, 5) is 24.9. The van der Waals surface area contributed by atoms with Crippen molar-refractivity contribution in [1.29, 1.82) is 0 Å². The fourth-order valence-corrected chi connectivity index (χ4v) is 3.01. The van der Waals surface area contributed by atoms with E-state index < -0.39 is 23.4 Å². The number of nitrogens with one attached hydrogen (secondary N) is 2. The van der Waals surface area contributed by atoms with E-state index in [2.05, 4.69) is 26.8 Å². The molecule has 0 bridgehead atoms. The lowest BCUT2D eigenvalue weighted by Gasteiger charge is -2.24. The van der Waals surface area contributed by atoms with E-state index in [9.17, 15) is 9.59 Å². The molecule has 1 aromatic carbocycles. The van der Waals surface area contributed by atoms with E-state index in [1.165, 1.54) is 0 Å². The smallest absolute Gasteiger partial charge is 0.408 e. The minimum absolute atomic E-state index is 0.105. The van der Waals surface area contributed by atoms with E-state index in [1.807, 2.05) is 32.0 Å². The predicted octanol–water partition coefficient (Wildman–Crippen LogP) is 4.34. The molecule has 1 heterocycles. The maximum atomic E-state index is 12.6.